The lowest BCUT2D eigenvalue weighted by atomic mass is 9.99. The zero-order valence-electron chi connectivity index (χ0n) is 20.6. The van der Waals surface area contributed by atoms with Gasteiger partial charge in [0.25, 0.3) is 0 Å². The Labute approximate surface area is 205 Å². The maximum Gasteiger partial charge on any atom is 0.248 e. The molecule has 1 fully saturated rings. The van der Waals surface area contributed by atoms with E-state index in [1.54, 1.807) is 13.4 Å². The van der Waals surface area contributed by atoms with Gasteiger partial charge in [0.05, 0.1) is 0 Å². The molecule has 0 bridgehead atoms. The molecule has 5 heterocycles. The smallest absolute Gasteiger partial charge is 0.248 e. The lowest BCUT2D eigenvalue weighted by Crippen LogP contribution is -2.39. The van der Waals surface area contributed by atoms with Crippen LogP contribution in [0.3, 0.4) is 0 Å². The number of nitrogens with zero attached hydrogens (tertiary/aromatic N) is 7. The van der Waals surface area contributed by atoms with Crippen molar-refractivity contribution in [2.24, 2.45) is 0 Å². The minimum atomic E-state index is 0.0204. The van der Waals surface area contributed by atoms with Crippen molar-refractivity contribution in [3.8, 4) is 0 Å². The van der Waals surface area contributed by atoms with Crippen LogP contribution in [-0.2, 0) is 9.53 Å². The van der Waals surface area contributed by atoms with E-state index in [1.807, 2.05) is 28.6 Å². The molecule has 1 amide bonds. The van der Waals surface area contributed by atoms with Gasteiger partial charge in [0.1, 0.15) is 18.8 Å². The number of pyridine rings is 1. The van der Waals surface area contributed by atoms with Crippen LogP contribution in [-0.4, -0.2) is 81.3 Å². The Balaban J connectivity index is 1.28. The van der Waals surface area contributed by atoms with Gasteiger partial charge in [0.15, 0.2) is 5.65 Å². The number of piperidine rings is 1. The zero-order valence-corrected chi connectivity index (χ0v) is 20.6. The third kappa shape index (κ3) is 5.12. The Morgan fingerprint density at radius 3 is 2.71 bits per heavy atom. The fourth-order valence-corrected chi connectivity index (χ4v) is 4.82. The number of amides is 1. The molecule has 2 aliphatic heterocycles. The second-order valence-electron chi connectivity index (χ2n) is 9.31. The molecule has 5 rings (SSSR count). The van der Waals surface area contributed by atoms with Crippen LogP contribution in [0.4, 0.5) is 11.8 Å². The highest BCUT2D eigenvalue weighted by molar-refractivity contribution is 5.81. The number of carbonyl (C=O) groups is 1. The number of methoxy groups -OCH3 is 1. The summed E-state index contributed by atoms with van der Waals surface area (Å²) in [7, 11) is 1.55. The first-order valence-electron chi connectivity index (χ1n) is 12.1. The van der Waals surface area contributed by atoms with Crippen molar-refractivity contribution >= 4 is 28.9 Å². The molecule has 0 aromatic carbocycles. The average molecular weight is 477 g/mol. The summed E-state index contributed by atoms with van der Waals surface area (Å²) in [5.41, 5.74) is 5.23. The maximum absolute atomic E-state index is 12.1. The molecule has 0 atom stereocenters. The molecule has 1 saturated heterocycles. The quantitative estimate of drug-likeness (QED) is 0.579. The van der Waals surface area contributed by atoms with Crippen LogP contribution in [0.1, 0.15) is 36.1 Å². The van der Waals surface area contributed by atoms with Gasteiger partial charge in [-0.2, -0.15) is 4.98 Å². The third-order valence-corrected chi connectivity index (χ3v) is 6.69. The summed E-state index contributed by atoms with van der Waals surface area (Å²) in [5, 5.41) is 8.28. The largest absolute Gasteiger partial charge is 0.375 e. The zero-order chi connectivity index (χ0) is 24.4. The summed E-state index contributed by atoms with van der Waals surface area (Å²) in [6.45, 7) is 7.30. The molecule has 184 valence electrons. The van der Waals surface area contributed by atoms with Crippen molar-refractivity contribution in [1.82, 2.24) is 29.5 Å². The normalized spacial score (nSPS) is 17.1. The molecule has 0 aliphatic carbocycles. The maximum atomic E-state index is 12.1. The molecule has 1 N–H and O–H groups in total. The van der Waals surface area contributed by atoms with E-state index in [9.17, 15) is 4.79 Å². The summed E-state index contributed by atoms with van der Waals surface area (Å²) < 4.78 is 6.86. The molecule has 2 aliphatic rings. The standard InChI is InChI=1S/C25H32N8O2/c1-17-12-21(19-4-8-32(9-5-19)23(34)15-35-3)24-29-25(30-33(24)14-17)28-20-6-10-31(11-7-20)22-13-18(2)26-16-27-22/h4,12-14,16,20H,5-11,15H2,1-3H3,(H,28,30). The summed E-state index contributed by atoms with van der Waals surface area (Å²) in [5.74, 6) is 1.67. The van der Waals surface area contributed by atoms with E-state index in [1.165, 1.54) is 5.57 Å². The molecule has 0 radical (unpaired) electrons. The van der Waals surface area contributed by atoms with E-state index < -0.39 is 0 Å². The molecular formula is C25H32N8O2. The number of ether oxygens (including phenoxy) is 1. The van der Waals surface area contributed by atoms with Crippen LogP contribution in [0.25, 0.3) is 11.2 Å². The van der Waals surface area contributed by atoms with Crippen LogP contribution in [0, 0.1) is 13.8 Å². The van der Waals surface area contributed by atoms with E-state index >= 15 is 0 Å². The van der Waals surface area contributed by atoms with Crippen molar-refractivity contribution in [3.05, 3.63) is 47.6 Å². The minimum absolute atomic E-state index is 0.0204. The second kappa shape index (κ2) is 9.99. The van der Waals surface area contributed by atoms with Gasteiger partial charge in [-0.05, 0) is 50.3 Å². The van der Waals surface area contributed by atoms with Crippen molar-refractivity contribution in [2.75, 3.05) is 50.1 Å². The number of rotatable bonds is 6. The van der Waals surface area contributed by atoms with Gasteiger partial charge >= 0.3 is 0 Å². The fraction of sp³-hybridized carbons (Fsp3) is 0.480. The van der Waals surface area contributed by atoms with E-state index in [0.29, 0.717) is 25.1 Å². The predicted molar refractivity (Wildman–Crippen MR) is 134 cm³/mol. The minimum Gasteiger partial charge on any atom is -0.375 e. The Hall–Kier alpha value is -3.53. The van der Waals surface area contributed by atoms with Gasteiger partial charge < -0.3 is 19.9 Å². The number of carbonyl (C=O) groups excluding carboxylic acids is 1. The lowest BCUT2D eigenvalue weighted by molar-refractivity contribution is -0.134. The molecule has 35 heavy (non-hydrogen) atoms. The van der Waals surface area contributed by atoms with Gasteiger partial charge in [-0.1, -0.05) is 6.08 Å². The number of fused-ring (bicyclic) bond motifs is 1. The second-order valence-corrected chi connectivity index (χ2v) is 9.31. The van der Waals surface area contributed by atoms with Crippen LogP contribution in [0.2, 0.25) is 0 Å². The Morgan fingerprint density at radius 1 is 1.17 bits per heavy atom. The summed E-state index contributed by atoms with van der Waals surface area (Å²) in [4.78, 5) is 29.8. The number of hydrogen-bond acceptors (Lipinski definition) is 8. The molecule has 3 aromatic heterocycles. The molecule has 0 spiro atoms. The number of aromatic nitrogens is 5. The lowest BCUT2D eigenvalue weighted by Gasteiger charge is -2.32. The highest BCUT2D eigenvalue weighted by Gasteiger charge is 2.23. The molecule has 10 heteroatoms. The van der Waals surface area contributed by atoms with E-state index in [2.05, 4.69) is 39.3 Å². The number of hydrogen-bond donors (Lipinski definition) is 1. The Kier molecular flexibility index (Phi) is 6.63. The summed E-state index contributed by atoms with van der Waals surface area (Å²) in [6, 6.07) is 4.51. The van der Waals surface area contributed by atoms with Gasteiger partial charge in [-0.3, -0.25) is 4.79 Å². The van der Waals surface area contributed by atoms with Gasteiger partial charge in [-0.15, -0.1) is 5.10 Å². The Morgan fingerprint density at radius 2 is 2.00 bits per heavy atom. The first-order valence-corrected chi connectivity index (χ1v) is 12.1. The number of anilines is 2. The van der Waals surface area contributed by atoms with Crippen molar-refractivity contribution in [2.45, 2.75) is 39.2 Å². The molecule has 10 nitrogen and oxygen atoms in total. The van der Waals surface area contributed by atoms with Gasteiger partial charge in [-0.25, -0.2) is 14.5 Å². The molecule has 3 aromatic rings. The van der Waals surface area contributed by atoms with E-state index in [-0.39, 0.29) is 12.5 Å². The van der Waals surface area contributed by atoms with Crippen LogP contribution in [0.5, 0.6) is 0 Å². The van der Waals surface area contributed by atoms with Crippen molar-refractivity contribution in [1.29, 1.82) is 0 Å². The highest BCUT2D eigenvalue weighted by Crippen LogP contribution is 2.28. The monoisotopic (exact) mass is 476 g/mol. The number of nitrogens with one attached hydrogen (secondary N) is 1. The van der Waals surface area contributed by atoms with E-state index in [4.69, 9.17) is 14.8 Å². The predicted octanol–water partition coefficient (Wildman–Crippen LogP) is 2.48. The topological polar surface area (TPSA) is 101 Å². The Bertz CT molecular complexity index is 1250. The summed E-state index contributed by atoms with van der Waals surface area (Å²) >= 11 is 0. The average Bonchev–Trinajstić information content (AvgIpc) is 3.26. The highest BCUT2D eigenvalue weighted by atomic mass is 16.5. The fourth-order valence-electron chi connectivity index (χ4n) is 4.82. The van der Waals surface area contributed by atoms with Crippen molar-refractivity contribution < 1.29 is 9.53 Å². The van der Waals surface area contributed by atoms with Crippen LogP contribution in [0.15, 0.2) is 30.7 Å². The SMILES string of the molecule is COCC(=O)N1CC=C(c2cc(C)cn3nc(NC4CCN(c5cc(C)ncn5)CC4)nc23)CC1. The first-order chi connectivity index (χ1) is 17.0. The van der Waals surface area contributed by atoms with Crippen molar-refractivity contribution in [3.63, 3.8) is 0 Å². The van der Waals surface area contributed by atoms with Crippen LogP contribution < -0.4 is 10.2 Å². The third-order valence-electron chi connectivity index (χ3n) is 6.69. The van der Waals surface area contributed by atoms with Crippen LogP contribution >= 0.6 is 0 Å². The van der Waals surface area contributed by atoms with Gasteiger partial charge in [0.2, 0.25) is 11.9 Å². The van der Waals surface area contributed by atoms with Gasteiger partial charge in [0, 0.05) is 62.9 Å². The first kappa shape index (κ1) is 23.2. The number of aryl methyl sites for hydroxylation is 2. The molecule has 0 saturated carbocycles. The molecular weight excluding hydrogens is 444 g/mol. The summed E-state index contributed by atoms with van der Waals surface area (Å²) in [6.07, 6.45) is 8.52. The molecule has 0 unspecified atom stereocenters. The van der Waals surface area contributed by atoms with E-state index in [0.717, 1.165) is 60.6 Å².